The Kier molecular flexibility index (Phi) is 6.75. The third-order valence-electron chi connectivity index (χ3n) is 5.72. The summed E-state index contributed by atoms with van der Waals surface area (Å²) in [7, 11) is 0. The van der Waals surface area contributed by atoms with E-state index in [2.05, 4.69) is 27.7 Å². The van der Waals surface area contributed by atoms with E-state index in [0.29, 0.717) is 12.8 Å². The van der Waals surface area contributed by atoms with Crippen LogP contribution in [0.5, 0.6) is 0 Å². The van der Waals surface area contributed by atoms with Gasteiger partial charge in [0.25, 0.3) is 0 Å². The van der Waals surface area contributed by atoms with Crippen molar-refractivity contribution in [3.05, 3.63) is 69.8 Å². The van der Waals surface area contributed by atoms with Gasteiger partial charge in [0.05, 0.1) is 0 Å². The van der Waals surface area contributed by atoms with Crippen LogP contribution in [0.15, 0.2) is 36.4 Å². The lowest BCUT2D eigenvalue weighted by atomic mass is 9.81. The highest BCUT2D eigenvalue weighted by molar-refractivity contribution is 5.97. The first-order chi connectivity index (χ1) is 12.6. The molecule has 2 aromatic rings. The molecule has 2 nitrogen and oxygen atoms in total. The molecule has 0 aliphatic rings. The minimum atomic E-state index is -0.0369. The summed E-state index contributed by atoms with van der Waals surface area (Å²) in [6, 6.07) is 11.8. The fourth-order valence-electron chi connectivity index (χ4n) is 3.15. The van der Waals surface area contributed by atoms with Crippen LogP contribution in [-0.2, 0) is 0 Å². The van der Waals surface area contributed by atoms with E-state index in [-0.39, 0.29) is 17.0 Å². The van der Waals surface area contributed by atoms with Crippen LogP contribution >= 0.6 is 0 Å². The number of ketones is 2. The molecule has 0 aliphatic carbocycles. The van der Waals surface area contributed by atoms with E-state index < -0.39 is 0 Å². The van der Waals surface area contributed by atoms with Crippen molar-refractivity contribution in [3.63, 3.8) is 0 Å². The number of carbonyl (C=O) groups is 2. The van der Waals surface area contributed by atoms with Crippen LogP contribution in [0, 0.1) is 33.1 Å². The van der Waals surface area contributed by atoms with Gasteiger partial charge in [-0.3, -0.25) is 9.59 Å². The SMILES string of the molecule is Cc1ccc(C(=O)CCC(C)(C)CCC(=O)c2ccc(C)c(C)c2)cc1C. The minimum Gasteiger partial charge on any atom is -0.294 e. The van der Waals surface area contributed by atoms with E-state index in [9.17, 15) is 9.59 Å². The lowest BCUT2D eigenvalue weighted by Crippen LogP contribution is -2.16. The van der Waals surface area contributed by atoms with E-state index in [1.165, 1.54) is 11.1 Å². The zero-order chi connectivity index (χ0) is 20.2. The predicted molar refractivity (Wildman–Crippen MR) is 113 cm³/mol. The number of rotatable bonds is 8. The molecule has 0 aliphatic heterocycles. The molecule has 0 saturated carbocycles. The average molecular weight is 365 g/mol. The summed E-state index contributed by atoms with van der Waals surface area (Å²) in [5, 5.41) is 0. The van der Waals surface area contributed by atoms with Gasteiger partial charge in [0.2, 0.25) is 0 Å². The summed E-state index contributed by atoms with van der Waals surface area (Å²) < 4.78 is 0. The van der Waals surface area contributed by atoms with Gasteiger partial charge in [-0.1, -0.05) is 38.1 Å². The molecule has 0 atom stereocenters. The van der Waals surface area contributed by atoms with Crippen molar-refractivity contribution in [2.45, 2.75) is 67.2 Å². The molecule has 0 saturated heterocycles. The zero-order valence-corrected chi connectivity index (χ0v) is 17.6. The Morgan fingerprint density at radius 1 is 0.667 bits per heavy atom. The molecule has 0 fully saturated rings. The Labute approximate surface area is 164 Å². The summed E-state index contributed by atoms with van der Waals surface area (Å²) in [6.45, 7) is 12.5. The Hall–Kier alpha value is -2.22. The molecule has 0 unspecified atom stereocenters. The molecular weight excluding hydrogens is 332 g/mol. The fourth-order valence-corrected chi connectivity index (χ4v) is 3.15. The monoisotopic (exact) mass is 364 g/mol. The summed E-state index contributed by atoms with van der Waals surface area (Å²) in [5.41, 5.74) is 6.26. The quantitative estimate of drug-likeness (QED) is 0.496. The first kappa shape index (κ1) is 21.1. The summed E-state index contributed by atoms with van der Waals surface area (Å²) in [5.74, 6) is 0.373. The Balaban J connectivity index is 1.90. The van der Waals surface area contributed by atoms with Gasteiger partial charge >= 0.3 is 0 Å². The van der Waals surface area contributed by atoms with Crippen LogP contribution in [0.25, 0.3) is 0 Å². The Bertz CT molecular complexity index is 774. The van der Waals surface area contributed by atoms with Gasteiger partial charge in [0.15, 0.2) is 11.6 Å². The molecule has 0 N–H and O–H groups in total. The predicted octanol–water partition coefficient (Wildman–Crippen LogP) is 6.57. The van der Waals surface area contributed by atoms with Gasteiger partial charge in [0.1, 0.15) is 0 Å². The molecule has 0 aromatic heterocycles. The second-order valence-corrected chi connectivity index (χ2v) is 8.61. The van der Waals surface area contributed by atoms with Gasteiger partial charge in [0, 0.05) is 24.0 Å². The first-order valence-corrected chi connectivity index (χ1v) is 9.80. The molecule has 0 amide bonds. The highest BCUT2D eigenvalue weighted by Crippen LogP contribution is 2.30. The van der Waals surface area contributed by atoms with Gasteiger partial charge in [-0.15, -0.1) is 0 Å². The molecular formula is C25H32O2. The fraction of sp³-hybridized carbons (Fsp3) is 0.440. The van der Waals surface area contributed by atoms with Crippen molar-refractivity contribution in [1.29, 1.82) is 0 Å². The largest absolute Gasteiger partial charge is 0.294 e. The van der Waals surface area contributed by atoms with Gasteiger partial charge in [-0.05, 0) is 80.3 Å². The molecule has 144 valence electrons. The maximum Gasteiger partial charge on any atom is 0.162 e. The molecule has 0 radical (unpaired) electrons. The molecule has 0 bridgehead atoms. The normalized spacial score (nSPS) is 11.5. The number of Topliss-reactive ketones (excluding diaryl/α,β-unsaturated/α-hetero) is 2. The highest BCUT2D eigenvalue weighted by atomic mass is 16.1. The number of carbonyl (C=O) groups excluding carboxylic acids is 2. The number of benzene rings is 2. The topological polar surface area (TPSA) is 34.1 Å². The van der Waals surface area contributed by atoms with Crippen LogP contribution in [0.2, 0.25) is 0 Å². The molecule has 2 rings (SSSR count). The van der Waals surface area contributed by atoms with Crippen molar-refractivity contribution >= 4 is 11.6 Å². The first-order valence-electron chi connectivity index (χ1n) is 9.80. The van der Waals surface area contributed by atoms with Crippen molar-refractivity contribution < 1.29 is 9.59 Å². The molecule has 2 aromatic carbocycles. The lowest BCUT2D eigenvalue weighted by molar-refractivity contribution is 0.0943. The Morgan fingerprint density at radius 2 is 1.04 bits per heavy atom. The summed E-state index contributed by atoms with van der Waals surface area (Å²) >= 11 is 0. The number of hydrogen-bond acceptors (Lipinski definition) is 2. The van der Waals surface area contributed by atoms with Gasteiger partial charge < -0.3 is 0 Å². The Morgan fingerprint density at radius 3 is 1.37 bits per heavy atom. The van der Waals surface area contributed by atoms with E-state index in [1.807, 2.05) is 50.2 Å². The van der Waals surface area contributed by atoms with E-state index in [0.717, 1.165) is 35.1 Å². The van der Waals surface area contributed by atoms with Crippen molar-refractivity contribution in [1.82, 2.24) is 0 Å². The maximum absolute atomic E-state index is 12.5. The zero-order valence-electron chi connectivity index (χ0n) is 17.6. The average Bonchev–Trinajstić information content (AvgIpc) is 2.62. The van der Waals surface area contributed by atoms with Gasteiger partial charge in [-0.2, -0.15) is 0 Å². The standard InChI is InChI=1S/C25H32O2/c1-17-7-9-21(15-19(17)3)23(26)11-13-25(5,6)14-12-24(27)22-10-8-18(2)20(4)16-22/h7-10,15-16H,11-14H2,1-6H3. The molecule has 2 heteroatoms. The van der Waals surface area contributed by atoms with E-state index >= 15 is 0 Å². The lowest BCUT2D eigenvalue weighted by Gasteiger charge is -2.24. The second kappa shape index (κ2) is 8.65. The molecule has 0 heterocycles. The van der Waals surface area contributed by atoms with Crippen LogP contribution in [0.4, 0.5) is 0 Å². The summed E-state index contributed by atoms with van der Waals surface area (Å²) in [6.07, 6.45) is 2.62. The number of aryl methyl sites for hydroxylation is 4. The number of hydrogen-bond donors (Lipinski definition) is 0. The van der Waals surface area contributed by atoms with Crippen LogP contribution in [-0.4, -0.2) is 11.6 Å². The van der Waals surface area contributed by atoms with E-state index in [4.69, 9.17) is 0 Å². The van der Waals surface area contributed by atoms with Crippen molar-refractivity contribution in [2.24, 2.45) is 5.41 Å². The maximum atomic E-state index is 12.5. The molecule has 27 heavy (non-hydrogen) atoms. The third-order valence-corrected chi connectivity index (χ3v) is 5.72. The third kappa shape index (κ3) is 5.89. The van der Waals surface area contributed by atoms with E-state index in [1.54, 1.807) is 0 Å². The van der Waals surface area contributed by atoms with Crippen molar-refractivity contribution in [2.75, 3.05) is 0 Å². The molecule has 0 spiro atoms. The van der Waals surface area contributed by atoms with Crippen LogP contribution < -0.4 is 0 Å². The van der Waals surface area contributed by atoms with Crippen LogP contribution in [0.1, 0.15) is 82.5 Å². The van der Waals surface area contributed by atoms with Gasteiger partial charge in [-0.25, -0.2) is 0 Å². The highest BCUT2D eigenvalue weighted by Gasteiger charge is 2.21. The smallest absolute Gasteiger partial charge is 0.162 e. The second-order valence-electron chi connectivity index (χ2n) is 8.61. The van der Waals surface area contributed by atoms with Crippen LogP contribution in [0.3, 0.4) is 0 Å². The summed E-state index contributed by atoms with van der Waals surface area (Å²) in [4.78, 5) is 25.0. The van der Waals surface area contributed by atoms with Crippen molar-refractivity contribution in [3.8, 4) is 0 Å². The minimum absolute atomic E-state index is 0.0369.